The van der Waals surface area contributed by atoms with Crippen molar-refractivity contribution in [2.75, 3.05) is 27.4 Å². The van der Waals surface area contributed by atoms with Gasteiger partial charge in [-0.25, -0.2) is 4.98 Å². The van der Waals surface area contributed by atoms with E-state index in [0.29, 0.717) is 18.7 Å². The molecule has 1 aromatic carbocycles. The molecule has 0 aliphatic carbocycles. The van der Waals surface area contributed by atoms with E-state index >= 15 is 0 Å². The van der Waals surface area contributed by atoms with Gasteiger partial charge in [0.1, 0.15) is 5.75 Å². The quantitative estimate of drug-likeness (QED) is 0.492. The Kier molecular flexibility index (Phi) is 7.65. The van der Waals surface area contributed by atoms with Crippen LogP contribution < -0.4 is 10.1 Å². The molecule has 6 nitrogen and oxygen atoms in total. The van der Waals surface area contributed by atoms with Crippen molar-refractivity contribution in [1.29, 1.82) is 0 Å². The van der Waals surface area contributed by atoms with E-state index in [-0.39, 0.29) is 5.91 Å². The first-order valence-electron chi connectivity index (χ1n) is 10.1. The summed E-state index contributed by atoms with van der Waals surface area (Å²) < 4.78 is 12.5. The van der Waals surface area contributed by atoms with Gasteiger partial charge in [0.15, 0.2) is 0 Å². The maximum Gasteiger partial charge on any atom is 0.253 e. The molecular weight excluding hydrogens is 398 g/mol. The fourth-order valence-electron chi connectivity index (χ4n) is 3.40. The molecule has 0 spiro atoms. The molecule has 7 heteroatoms. The zero-order valence-electron chi connectivity index (χ0n) is 18.0. The van der Waals surface area contributed by atoms with Gasteiger partial charge in [0.25, 0.3) is 5.91 Å². The smallest absolute Gasteiger partial charge is 0.253 e. The monoisotopic (exact) mass is 427 g/mol. The lowest BCUT2D eigenvalue weighted by Crippen LogP contribution is -2.25. The zero-order chi connectivity index (χ0) is 21.5. The van der Waals surface area contributed by atoms with Crippen molar-refractivity contribution in [2.45, 2.75) is 33.2 Å². The van der Waals surface area contributed by atoms with Crippen molar-refractivity contribution in [3.63, 3.8) is 0 Å². The highest BCUT2D eigenvalue weighted by Crippen LogP contribution is 2.28. The van der Waals surface area contributed by atoms with E-state index < -0.39 is 0 Å². The van der Waals surface area contributed by atoms with Gasteiger partial charge in [0.05, 0.1) is 29.1 Å². The predicted octanol–water partition coefficient (Wildman–Crippen LogP) is 4.25. The lowest BCUT2D eigenvalue weighted by molar-refractivity contribution is 0.0948. The average molecular weight is 428 g/mol. The number of ether oxygens (including phenoxy) is 2. The van der Waals surface area contributed by atoms with E-state index in [1.165, 1.54) is 5.56 Å². The van der Waals surface area contributed by atoms with Gasteiger partial charge in [-0.2, -0.15) is 0 Å². The largest absolute Gasteiger partial charge is 0.497 e. The van der Waals surface area contributed by atoms with Gasteiger partial charge in [-0.05, 0) is 50.5 Å². The molecule has 0 unspecified atom stereocenters. The fraction of sp³-hybridized carbons (Fsp3) is 0.391. The topological polar surface area (TPSA) is 65.4 Å². The molecular formula is C23H29N3O3S. The van der Waals surface area contributed by atoms with Crippen LogP contribution in [-0.4, -0.2) is 42.8 Å². The Balaban J connectivity index is 1.83. The lowest BCUT2D eigenvalue weighted by Gasteiger charge is -2.12. The molecule has 160 valence electrons. The van der Waals surface area contributed by atoms with Crippen LogP contribution in [0.2, 0.25) is 0 Å². The number of methoxy groups -OCH3 is 2. The minimum absolute atomic E-state index is 0.0556. The maximum atomic E-state index is 12.8. The van der Waals surface area contributed by atoms with Crippen LogP contribution in [-0.2, 0) is 17.7 Å². The number of nitrogens with zero attached hydrogens (tertiary/aromatic N) is 2. The fourth-order valence-corrected chi connectivity index (χ4v) is 4.01. The third-order valence-corrected chi connectivity index (χ3v) is 5.86. The molecule has 1 amide bonds. The second kappa shape index (κ2) is 10.4. The highest BCUT2D eigenvalue weighted by Gasteiger charge is 2.19. The van der Waals surface area contributed by atoms with E-state index in [1.54, 1.807) is 25.6 Å². The normalized spacial score (nSPS) is 10.9. The Labute approximate surface area is 181 Å². The molecule has 0 atom stereocenters. The zero-order valence-corrected chi connectivity index (χ0v) is 18.8. The number of benzene rings is 1. The number of hydrogen-bond donors (Lipinski definition) is 1. The van der Waals surface area contributed by atoms with Crippen LogP contribution in [0.15, 0.2) is 35.7 Å². The van der Waals surface area contributed by atoms with Crippen molar-refractivity contribution < 1.29 is 14.3 Å². The van der Waals surface area contributed by atoms with Gasteiger partial charge in [0, 0.05) is 37.9 Å². The second-order valence-corrected chi connectivity index (χ2v) is 8.19. The number of carbonyl (C=O) groups excluding carboxylic acids is 1. The minimum atomic E-state index is -0.0556. The SMILES string of the molecule is COCCCNC(=O)c1cc(-c2csc(C)n2)n(CCc2ccc(OC)cc2)c1C. The van der Waals surface area contributed by atoms with Crippen LogP contribution >= 0.6 is 11.3 Å². The Bertz CT molecular complexity index is 976. The van der Waals surface area contributed by atoms with E-state index in [4.69, 9.17) is 9.47 Å². The number of thiazole rings is 1. The summed E-state index contributed by atoms with van der Waals surface area (Å²) in [6.45, 7) is 5.98. The summed E-state index contributed by atoms with van der Waals surface area (Å²) in [5.41, 5.74) is 4.76. The summed E-state index contributed by atoms with van der Waals surface area (Å²) in [7, 11) is 3.33. The standard InChI is InChI=1S/C23H29N3O3S/c1-16-20(23(27)24-11-5-13-28-3)14-22(21-15-30-17(2)25-21)26(16)12-10-18-6-8-19(29-4)9-7-18/h6-9,14-15H,5,10-13H2,1-4H3,(H,24,27). The molecule has 0 saturated heterocycles. The Morgan fingerprint density at radius 1 is 1.20 bits per heavy atom. The molecule has 2 heterocycles. The Morgan fingerprint density at radius 3 is 2.60 bits per heavy atom. The van der Waals surface area contributed by atoms with E-state index in [0.717, 1.165) is 47.2 Å². The summed E-state index contributed by atoms with van der Waals surface area (Å²) in [6.07, 6.45) is 1.64. The Hall–Kier alpha value is -2.64. The highest BCUT2D eigenvalue weighted by atomic mass is 32.1. The molecule has 0 bridgehead atoms. The Morgan fingerprint density at radius 2 is 1.97 bits per heavy atom. The number of aromatic nitrogens is 2. The molecule has 0 radical (unpaired) electrons. The minimum Gasteiger partial charge on any atom is -0.497 e. The summed E-state index contributed by atoms with van der Waals surface area (Å²) in [5.74, 6) is 0.793. The van der Waals surface area contributed by atoms with Crippen LogP contribution in [0.25, 0.3) is 11.4 Å². The van der Waals surface area contributed by atoms with E-state index in [1.807, 2.05) is 37.4 Å². The molecule has 0 aliphatic rings. The third-order valence-electron chi connectivity index (χ3n) is 5.09. The van der Waals surface area contributed by atoms with Crippen LogP contribution in [0.3, 0.4) is 0 Å². The third kappa shape index (κ3) is 5.29. The molecule has 0 aliphatic heterocycles. The molecule has 2 aromatic heterocycles. The first-order chi connectivity index (χ1) is 14.5. The van der Waals surface area contributed by atoms with Gasteiger partial charge in [-0.3, -0.25) is 4.79 Å². The average Bonchev–Trinajstić information content (AvgIpc) is 3.33. The first-order valence-corrected chi connectivity index (χ1v) is 10.9. The van der Waals surface area contributed by atoms with Gasteiger partial charge < -0.3 is 19.4 Å². The number of rotatable bonds is 10. The number of amides is 1. The predicted molar refractivity (Wildman–Crippen MR) is 121 cm³/mol. The lowest BCUT2D eigenvalue weighted by atomic mass is 10.1. The van der Waals surface area contributed by atoms with Crippen molar-refractivity contribution in [1.82, 2.24) is 14.9 Å². The molecule has 0 fully saturated rings. The first kappa shape index (κ1) is 22.1. The van der Waals surface area contributed by atoms with Crippen molar-refractivity contribution >= 4 is 17.2 Å². The van der Waals surface area contributed by atoms with Crippen molar-refractivity contribution in [3.8, 4) is 17.1 Å². The van der Waals surface area contributed by atoms with Gasteiger partial charge in [0.2, 0.25) is 0 Å². The summed E-state index contributed by atoms with van der Waals surface area (Å²) in [5, 5.41) is 6.05. The molecule has 1 N–H and O–H groups in total. The highest BCUT2D eigenvalue weighted by molar-refractivity contribution is 7.09. The number of nitrogens with one attached hydrogen (secondary N) is 1. The molecule has 30 heavy (non-hydrogen) atoms. The van der Waals surface area contributed by atoms with Crippen molar-refractivity contribution in [3.05, 3.63) is 57.5 Å². The van der Waals surface area contributed by atoms with E-state index in [9.17, 15) is 4.79 Å². The second-order valence-electron chi connectivity index (χ2n) is 7.13. The number of hydrogen-bond acceptors (Lipinski definition) is 5. The number of aryl methyl sites for hydroxylation is 2. The molecule has 0 saturated carbocycles. The summed E-state index contributed by atoms with van der Waals surface area (Å²) in [4.78, 5) is 17.4. The maximum absolute atomic E-state index is 12.8. The van der Waals surface area contributed by atoms with Gasteiger partial charge >= 0.3 is 0 Å². The van der Waals surface area contributed by atoms with Gasteiger partial charge in [-0.1, -0.05) is 12.1 Å². The van der Waals surface area contributed by atoms with Crippen LogP contribution in [0.5, 0.6) is 5.75 Å². The molecule has 3 rings (SSSR count). The van der Waals surface area contributed by atoms with Crippen LogP contribution in [0.1, 0.15) is 33.0 Å². The van der Waals surface area contributed by atoms with Crippen molar-refractivity contribution in [2.24, 2.45) is 0 Å². The van der Waals surface area contributed by atoms with Crippen LogP contribution in [0, 0.1) is 13.8 Å². The van der Waals surface area contributed by atoms with E-state index in [2.05, 4.69) is 27.0 Å². The van der Waals surface area contributed by atoms with Crippen LogP contribution in [0.4, 0.5) is 0 Å². The van der Waals surface area contributed by atoms with Gasteiger partial charge in [-0.15, -0.1) is 11.3 Å². The molecule has 3 aromatic rings. The summed E-state index contributed by atoms with van der Waals surface area (Å²) >= 11 is 1.62. The summed E-state index contributed by atoms with van der Waals surface area (Å²) in [6, 6.07) is 10.1. The number of carbonyl (C=O) groups is 1.